The van der Waals surface area contributed by atoms with E-state index in [2.05, 4.69) is 15.5 Å². The van der Waals surface area contributed by atoms with Crippen molar-refractivity contribution in [3.8, 4) is 5.75 Å². The van der Waals surface area contributed by atoms with Gasteiger partial charge in [0.2, 0.25) is 0 Å². The summed E-state index contributed by atoms with van der Waals surface area (Å²) in [6.07, 6.45) is 2.33. The second kappa shape index (κ2) is 7.17. The second-order valence-electron chi connectivity index (χ2n) is 6.55. The van der Waals surface area contributed by atoms with Crippen LogP contribution in [-0.4, -0.2) is 35.4 Å². The Morgan fingerprint density at radius 1 is 1.31 bits per heavy atom. The second-order valence-corrected chi connectivity index (χ2v) is 6.55. The van der Waals surface area contributed by atoms with Crippen molar-refractivity contribution in [3.63, 3.8) is 0 Å². The molecule has 1 aromatic heterocycles. The number of carbonyl (C=O) groups excluding carboxylic acids is 1. The molecule has 1 aliphatic heterocycles. The average molecular weight is 351 g/mol. The van der Waals surface area contributed by atoms with Gasteiger partial charge in [-0.15, -0.1) is 0 Å². The first kappa shape index (κ1) is 16.6. The SMILES string of the molecule is Cc1ccc2[nH]nc(C(=O)Nc3ccc(OCC4CCCO4)cc3)c2c1. The Morgan fingerprint density at radius 2 is 2.15 bits per heavy atom. The lowest BCUT2D eigenvalue weighted by atomic mass is 10.1. The Balaban J connectivity index is 1.41. The van der Waals surface area contributed by atoms with E-state index < -0.39 is 0 Å². The van der Waals surface area contributed by atoms with Crippen LogP contribution in [0.2, 0.25) is 0 Å². The maximum Gasteiger partial charge on any atom is 0.276 e. The molecule has 1 fully saturated rings. The smallest absolute Gasteiger partial charge is 0.276 e. The molecule has 0 bridgehead atoms. The number of ether oxygens (including phenoxy) is 2. The molecule has 2 N–H and O–H groups in total. The summed E-state index contributed by atoms with van der Waals surface area (Å²) < 4.78 is 11.3. The van der Waals surface area contributed by atoms with Crippen LogP contribution in [0.1, 0.15) is 28.9 Å². The molecule has 134 valence electrons. The van der Waals surface area contributed by atoms with Crippen LogP contribution in [0.25, 0.3) is 10.9 Å². The van der Waals surface area contributed by atoms with Crippen LogP contribution in [0.4, 0.5) is 5.69 Å². The zero-order valence-corrected chi connectivity index (χ0v) is 14.6. The summed E-state index contributed by atoms with van der Waals surface area (Å²) >= 11 is 0. The molecule has 3 aromatic rings. The lowest BCUT2D eigenvalue weighted by molar-refractivity contribution is 0.0679. The number of amides is 1. The molecule has 0 radical (unpaired) electrons. The van der Waals surface area contributed by atoms with Gasteiger partial charge in [0.15, 0.2) is 5.69 Å². The zero-order valence-electron chi connectivity index (χ0n) is 14.6. The van der Waals surface area contributed by atoms with Crippen molar-refractivity contribution in [2.45, 2.75) is 25.9 Å². The number of hydrogen-bond acceptors (Lipinski definition) is 4. The van der Waals surface area contributed by atoms with Gasteiger partial charge in [0.05, 0.1) is 11.6 Å². The van der Waals surface area contributed by atoms with Gasteiger partial charge in [-0.3, -0.25) is 9.89 Å². The fourth-order valence-electron chi connectivity index (χ4n) is 3.09. The number of nitrogens with one attached hydrogen (secondary N) is 2. The lowest BCUT2D eigenvalue weighted by Gasteiger charge is -2.12. The van der Waals surface area contributed by atoms with Gasteiger partial charge >= 0.3 is 0 Å². The highest BCUT2D eigenvalue weighted by Crippen LogP contribution is 2.21. The fraction of sp³-hybridized carbons (Fsp3) is 0.300. The Hall–Kier alpha value is -2.86. The number of aromatic nitrogens is 2. The molecule has 1 unspecified atom stereocenters. The standard InChI is InChI=1S/C20H21N3O3/c1-13-4-9-18-17(11-13)19(23-22-18)20(24)21-14-5-7-15(8-6-14)26-12-16-3-2-10-25-16/h4-9,11,16H,2-3,10,12H2,1H3,(H,21,24)(H,22,23). The first-order chi connectivity index (χ1) is 12.7. The number of nitrogens with zero attached hydrogens (tertiary/aromatic N) is 1. The summed E-state index contributed by atoms with van der Waals surface area (Å²) in [5, 5.41) is 10.7. The summed E-state index contributed by atoms with van der Waals surface area (Å²) in [5.74, 6) is 0.522. The lowest BCUT2D eigenvalue weighted by Crippen LogP contribution is -2.16. The highest BCUT2D eigenvalue weighted by atomic mass is 16.5. The van der Waals surface area contributed by atoms with Crippen molar-refractivity contribution in [1.29, 1.82) is 0 Å². The molecular weight excluding hydrogens is 330 g/mol. The highest BCUT2D eigenvalue weighted by Gasteiger charge is 2.16. The maximum absolute atomic E-state index is 12.5. The van der Waals surface area contributed by atoms with E-state index in [1.807, 2.05) is 49.4 Å². The predicted octanol–water partition coefficient (Wildman–Crippen LogP) is 3.68. The minimum atomic E-state index is -0.241. The van der Waals surface area contributed by atoms with Crippen LogP contribution < -0.4 is 10.1 Å². The summed E-state index contributed by atoms with van der Waals surface area (Å²) in [4.78, 5) is 12.5. The Bertz CT molecular complexity index is 912. The van der Waals surface area contributed by atoms with E-state index in [-0.39, 0.29) is 12.0 Å². The van der Waals surface area contributed by atoms with Crippen LogP contribution in [0.3, 0.4) is 0 Å². The number of carbonyl (C=O) groups is 1. The third-order valence-electron chi connectivity index (χ3n) is 4.51. The molecule has 1 amide bonds. The average Bonchev–Trinajstić information content (AvgIpc) is 3.30. The minimum absolute atomic E-state index is 0.186. The molecule has 4 rings (SSSR count). The molecule has 0 spiro atoms. The molecule has 1 atom stereocenters. The van der Waals surface area contributed by atoms with Gasteiger partial charge in [0.25, 0.3) is 5.91 Å². The number of H-pyrrole nitrogens is 1. The largest absolute Gasteiger partial charge is 0.491 e. The quantitative estimate of drug-likeness (QED) is 0.735. The topological polar surface area (TPSA) is 76.2 Å². The van der Waals surface area contributed by atoms with Crippen LogP contribution >= 0.6 is 0 Å². The van der Waals surface area contributed by atoms with E-state index in [1.165, 1.54) is 0 Å². The molecular formula is C20H21N3O3. The highest BCUT2D eigenvalue weighted by molar-refractivity contribution is 6.11. The van der Waals surface area contributed by atoms with Crippen molar-refractivity contribution >= 4 is 22.5 Å². The summed E-state index contributed by atoms with van der Waals surface area (Å²) in [6.45, 7) is 3.37. The van der Waals surface area contributed by atoms with Crippen molar-refractivity contribution in [2.75, 3.05) is 18.5 Å². The summed E-state index contributed by atoms with van der Waals surface area (Å²) in [6, 6.07) is 13.2. The van der Waals surface area contributed by atoms with Gasteiger partial charge in [-0.25, -0.2) is 0 Å². The van der Waals surface area contributed by atoms with Crippen molar-refractivity contribution in [3.05, 3.63) is 53.7 Å². The number of aromatic amines is 1. The van der Waals surface area contributed by atoms with Crippen LogP contribution in [-0.2, 0) is 4.74 Å². The van der Waals surface area contributed by atoms with E-state index in [0.717, 1.165) is 41.7 Å². The number of fused-ring (bicyclic) bond motifs is 1. The number of rotatable bonds is 5. The van der Waals surface area contributed by atoms with Gasteiger partial charge in [-0.2, -0.15) is 5.10 Å². The Labute approximate surface area is 151 Å². The van der Waals surface area contributed by atoms with Gasteiger partial charge < -0.3 is 14.8 Å². The van der Waals surface area contributed by atoms with E-state index in [0.29, 0.717) is 18.0 Å². The van der Waals surface area contributed by atoms with Gasteiger partial charge in [-0.05, 0) is 56.2 Å². The molecule has 6 heteroatoms. The zero-order chi connectivity index (χ0) is 17.9. The number of aryl methyl sites for hydroxylation is 1. The van der Waals surface area contributed by atoms with Crippen molar-refractivity contribution in [2.24, 2.45) is 0 Å². The third kappa shape index (κ3) is 3.55. The van der Waals surface area contributed by atoms with E-state index in [9.17, 15) is 4.79 Å². The van der Waals surface area contributed by atoms with E-state index >= 15 is 0 Å². The first-order valence-corrected chi connectivity index (χ1v) is 8.79. The molecule has 0 saturated carbocycles. The molecule has 0 aliphatic carbocycles. The summed E-state index contributed by atoms with van der Waals surface area (Å²) in [5.41, 5.74) is 3.02. The van der Waals surface area contributed by atoms with Gasteiger partial charge in [0.1, 0.15) is 12.4 Å². The summed E-state index contributed by atoms with van der Waals surface area (Å²) in [7, 11) is 0. The Kier molecular flexibility index (Phi) is 4.58. The third-order valence-corrected chi connectivity index (χ3v) is 4.51. The minimum Gasteiger partial charge on any atom is -0.491 e. The number of anilines is 1. The van der Waals surface area contributed by atoms with Crippen molar-refractivity contribution < 1.29 is 14.3 Å². The molecule has 1 aliphatic rings. The fourth-order valence-corrected chi connectivity index (χ4v) is 3.09. The maximum atomic E-state index is 12.5. The van der Waals surface area contributed by atoms with Gasteiger partial charge in [0, 0.05) is 17.7 Å². The molecule has 1 saturated heterocycles. The predicted molar refractivity (Wildman–Crippen MR) is 99.7 cm³/mol. The van der Waals surface area contributed by atoms with E-state index in [1.54, 1.807) is 0 Å². The van der Waals surface area contributed by atoms with Crippen molar-refractivity contribution in [1.82, 2.24) is 10.2 Å². The van der Waals surface area contributed by atoms with Crippen LogP contribution in [0, 0.1) is 6.92 Å². The number of benzene rings is 2. The number of hydrogen-bond donors (Lipinski definition) is 2. The molecule has 2 aromatic carbocycles. The van der Waals surface area contributed by atoms with Gasteiger partial charge in [-0.1, -0.05) is 11.6 Å². The van der Waals surface area contributed by atoms with E-state index in [4.69, 9.17) is 9.47 Å². The molecule has 2 heterocycles. The van der Waals surface area contributed by atoms with Crippen LogP contribution in [0.15, 0.2) is 42.5 Å². The van der Waals surface area contributed by atoms with Crippen LogP contribution in [0.5, 0.6) is 5.75 Å². The monoisotopic (exact) mass is 351 g/mol. The molecule has 26 heavy (non-hydrogen) atoms. The Morgan fingerprint density at radius 3 is 2.92 bits per heavy atom. The first-order valence-electron chi connectivity index (χ1n) is 8.79. The molecule has 6 nitrogen and oxygen atoms in total. The normalized spacial score (nSPS) is 16.7.